The van der Waals surface area contributed by atoms with Gasteiger partial charge in [0.15, 0.2) is 5.78 Å². The lowest BCUT2D eigenvalue weighted by Gasteiger charge is -2.11. The Morgan fingerprint density at radius 2 is 2.12 bits per heavy atom. The van der Waals surface area contributed by atoms with E-state index in [4.69, 9.17) is 0 Å². The molecule has 2 heteroatoms. The number of Topliss-reactive ketones (excluding diaryl/α,β-unsaturated/α-hetero) is 2. The van der Waals surface area contributed by atoms with Crippen LogP contribution in [0.25, 0.3) is 0 Å². The van der Waals surface area contributed by atoms with Crippen molar-refractivity contribution in [3.63, 3.8) is 0 Å². The smallest absolute Gasteiger partial charge is 0.166 e. The first-order valence-electron chi connectivity index (χ1n) is 5.80. The third-order valence-electron chi connectivity index (χ3n) is 3.19. The number of carbonyl (C=O) groups excluding carboxylic acids is 2. The van der Waals surface area contributed by atoms with Crippen molar-refractivity contribution >= 4 is 11.6 Å². The lowest BCUT2D eigenvalue weighted by atomic mass is 9.91. The molecule has 0 N–H and O–H groups in total. The van der Waals surface area contributed by atoms with Crippen molar-refractivity contribution in [2.75, 3.05) is 0 Å². The van der Waals surface area contributed by atoms with Gasteiger partial charge in [0.25, 0.3) is 0 Å². The Balaban J connectivity index is 2.30. The highest BCUT2D eigenvalue weighted by Gasteiger charge is 2.25. The fourth-order valence-electron chi connectivity index (χ4n) is 2.41. The van der Waals surface area contributed by atoms with Crippen LogP contribution in [-0.2, 0) is 11.2 Å². The van der Waals surface area contributed by atoms with Gasteiger partial charge in [0, 0.05) is 17.9 Å². The van der Waals surface area contributed by atoms with Gasteiger partial charge in [-0.25, -0.2) is 0 Å². The van der Waals surface area contributed by atoms with Crippen molar-refractivity contribution in [3.05, 3.63) is 35.4 Å². The summed E-state index contributed by atoms with van der Waals surface area (Å²) in [5.41, 5.74) is 1.96. The number of rotatable bonds is 2. The molecule has 2 nitrogen and oxygen atoms in total. The van der Waals surface area contributed by atoms with Gasteiger partial charge in [0.1, 0.15) is 5.78 Å². The van der Waals surface area contributed by atoms with Gasteiger partial charge in [-0.2, -0.15) is 0 Å². The van der Waals surface area contributed by atoms with Crippen LogP contribution >= 0.6 is 0 Å². The van der Waals surface area contributed by atoms with Crippen molar-refractivity contribution in [1.29, 1.82) is 0 Å². The van der Waals surface area contributed by atoms with E-state index in [1.807, 2.05) is 24.3 Å². The van der Waals surface area contributed by atoms with Crippen LogP contribution in [0.2, 0.25) is 0 Å². The minimum atomic E-state index is -0.0962. The van der Waals surface area contributed by atoms with Crippen LogP contribution in [0.5, 0.6) is 0 Å². The van der Waals surface area contributed by atoms with Crippen molar-refractivity contribution in [2.45, 2.75) is 32.6 Å². The first-order chi connectivity index (χ1) is 7.68. The van der Waals surface area contributed by atoms with E-state index in [0.29, 0.717) is 6.42 Å². The molecule has 0 saturated carbocycles. The summed E-state index contributed by atoms with van der Waals surface area (Å²) < 4.78 is 0. The molecule has 16 heavy (non-hydrogen) atoms. The normalized spacial score (nSPS) is 20.1. The average Bonchev–Trinajstić information content (AvgIpc) is 2.40. The zero-order valence-electron chi connectivity index (χ0n) is 9.53. The molecule has 0 spiro atoms. The van der Waals surface area contributed by atoms with Gasteiger partial charge in [-0.15, -0.1) is 0 Å². The van der Waals surface area contributed by atoms with Gasteiger partial charge >= 0.3 is 0 Å². The molecule has 0 amide bonds. The molecule has 1 unspecified atom stereocenters. The Labute approximate surface area is 95.7 Å². The van der Waals surface area contributed by atoms with Gasteiger partial charge in [-0.05, 0) is 31.7 Å². The Morgan fingerprint density at radius 1 is 1.38 bits per heavy atom. The predicted octanol–water partition coefficient (Wildman–Crippen LogP) is 2.80. The largest absolute Gasteiger partial charge is 0.300 e. The standard InChI is InChI=1S/C14H16O2/c1-10(15)9-12-7-4-6-11-5-2-3-8-13(11)14(12)16/h2-3,5,8,12H,4,6-7,9H2,1H3. The monoisotopic (exact) mass is 216 g/mol. The van der Waals surface area contributed by atoms with Crippen LogP contribution in [0.15, 0.2) is 24.3 Å². The van der Waals surface area contributed by atoms with E-state index < -0.39 is 0 Å². The number of benzene rings is 1. The summed E-state index contributed by atoms with van der Waals surface area (Å²) in [5.74, 6) is 0.169. The molecular formula is C14H16O2. The van der Waals surface area contributed by atoms with E-state index in [1.54, 1.807) is 6.92 Å². The van der Waals surface area contributed by atoms with E-state index in [2.05, 4.69) is 0 Å². The second kappa shape index (κ2) is 4.60. The lowest BCUT2D eigenvalue weighted by molar-refractivity contribution is -0.117. The molecule has 0 aliphatic heterocycles. The molecule has 0 fully saturated rings. The first-order valence-corrected chi connectivity index (χ1v) is 5.80. The van der Waals surface area contributed by atoms with Gasteiger partial charge < -0.3 is 4.79 Å². The zero-order valence-corrected chi connectivity index (χ0v) is 9.53. The Kier molecular flexibility index (Phi) is 3.18. The summed E-state index contributed by atoms with van der Waals surface area (Å²) in [6, 6.07) is 7.77. The summed E-state index contributed by atoms with van der Waals surface area (Å²) in [6.45, 7) is 1.56. The van der Waals surface area contributed by atoms with Crippen molar-refractivity contribution in [2.24, 2.45) is 5.92 Å². The summed E-state index contributed by atoms with van der Waals surface area (Å²) in [5, 5.41) is 0. The summed E-state index contributed by atoms with van der Waals surface area (Å²) >= 11 is 0. The first kappa shape index (κ1) is 11.1. The molecule has 84 valence electrons. The van der Waals surface area contributed by atoms with Crippen LogP contribution in [-0.4, -0.2) is 11.6 Å². The van der Waals surface area contributed by atoms with Crippen LogP contribution in [0.4, 0.5) is 0 Å². The minimum Gasteiger partial charge on any atom is -0.300 e. The lowest BCUT2D eigenvalue weighted by Crippen LogP contribution is -2.16. The molecule has 1 aliphatic carbocycles. The number of fused-ring (bicyclic) bond motifs is 1. The highest BCUT2D eigenvalue weighted by molar-refractivity contribution is 6.01. The summed E-state index contributed by atoms with van der Waals surface area (Å²) in [4.78, 5) is 23.3. The van der Waals surface area contributed by atoms with Gasteiger partial charge in [0.05, 0.1) is 0 Å². The van der Waals surface area contributed by atoms with Crippen molar-refractivity contribution in [3.8, 4) is 0 Å². The van der Waals surface area contributed by atoms with Crippen LogP contribution in [0.1, 0.15) is 42.1 Å². The van der Waals surface area contributed by atoms with E-state index in [-0.39, 0.29) is 17.5 Å². The quantitative estimate of drug-likeness (QED) is 0.712. The van der Waals surface area contributed by atoms with E-state index in [0.717, 1.165) is 30.4 Å². The van der Waals surface area contributed by atoms with Crippen LogP contribution in [0, 0.1) is 5.92 Å². The molecule has 0 aromatic heterocycles. The Morgan fingerprint density at radius 3 is 2.88 bits per heavy atom. The zero-order chi connectivity index (χ0) is 11.5. The molecule has 1 aromatic rings. The maximum absolute atomic E-state index is 12.2. The molecule has 1 atom stereocenters. The van der Waals surface area contributed by atoms with Gasteiger partial charge in [-0.1, -0.05) is 24.3 Å². The van der Waals surface area contributed by atoms with Crippen LogP contribution in [0.3, 0.4) is 0 Å². The molecule has 0 saturated heterocycles. The van der Waals surface area contributed by atoms with Crippen molar-refractivity contribution < 1.29 is 9.59 Å². The molecule has 0 heterocycles. The van der Waals surface area contributed by atoms with Crippen molar-refractivity contribution in [1.82, 2.24) is 0 Å². The maximum atomic E-state index is 12.2. The fraction of sp³-hybridized carbons (Fsp3) is 0.429. The minimum absolute atomic E-state index is 0.0962. The van der Waals surface area contributed by atoms with Gasteiger partial charge in [0.2, 0.25) is 0 Å². The SMILES string of the molecule is CC(=O)CC1CCCc2ccccc2C1=O. The number of aryl methyl sites for hydroxylation is 1. The third kappa shape index (κ3) is 2.21. The highest BCUT2D eigenvalue weighted by atomic mass is 16.1. The predicted molar refractivity (Wildman–Crippen MR) is 62.5 cm³/mol. The number of hydrogen-bond acceptors (Lipinski definition) is 2. The average molecular weight is 216 g/mol. The Hall–Kier alpha value is -1.44. The van der Waals surface area contributed by atoms with E-state index >= 15 is 0 Å². The summed E-state index contributed by atoms with van der Waals surface area (Å²) in [6.07, 6.45) is 3.19. The molecule has 1 aliphatic rings. The second-order valence-electron chi connectivity index (χ2n) is 4.52. The van der Waals surface area contributed by atoms with E-state index in [1.165, 1.54) is 0 Å². The van der Waals surface area contributed by atoms with Gasteiger partial charge in [-0.3, -0.25) is 4.79 Å². The number of carbonyl (C=O) groups is 2. The second-order valence-corrected chi connectivity index (χ2v) is 4.52. The fourth-order valence-corrected chi connectivity index (χ4v) is 2.41. The topological polar surface area (TPSA) is 34.1 Å². The molecule has 2 rings (SSSR count). The molecule has 0 radical (unpaired) electrons. The number of hydrogen-bond donors (Lipinski definition) is 0. The molecule has 0 bridgehead atoms. The number of ketones is 2. The Bertz CT molecular complexity index is 420. The summed E-state index contributed by atoms with van der Waals surface area (Å²) in [7, 11) is 0. The van der Waals surface area contributed by atoms with E-state index in [9.17, 15) is 9.59 Å². The molecular weight excluding hydrogens is 200 g/mol. The highest BCUT2D eigenvalue weighted by Crippen LogP contribution is 2.26. The third-order valence-corrected chi connectivity index (χ3v) is 3.19. The molecule has 1 aromatic carbocycles. The maximum Gasteiger partial charge on any atom is 0.166 e. The van der Waals surface area contributed by atoms with Crippen LogP contribution < -0.4 is 0 Å².